The molecule has 0 aliphatic rings. The zero-order valence-electron chi connectivity index (χ0n) is 10.6. The molecular weight excluding hydrogens is 315 g/mol. The van der Waals surface area contributed by atoms with E-state index in [9.17, 15) is 18.0 Å². The van der Waals surface area contributed by atoms with E-state index in [-0.39, 0.29) is 6.04 Å². The zero-order chi connectivity index (χ0) is 14.2. The van der Waals surface area contributed by atoms with Gasteiger partial charge in [-0.3, -0.25) is 4.79 Å². The zero-order valence-corrected chi connectivity index (χ0v) is 12.2. The van der Waals surface area contributed by atoms with Crippen LogP contribution in [0.5, 0.6) is 0 Å². The van der Waals surface area contributed by atoms with Gasteiger partial charge in [0.1, 0.15) is 13.2 Å². The SMILES string of the molecule is CCC(CC)N(CCBr)C(=O)COCC(F)(F)F. The Morgan fingerprint density at radius 3 is 2.28 bits per heavy atom. The predicted octanol–water partition coefficient (Wildman–Crippen LogP) is 2.98. The lowest BCUT2D eigenvalue weighted by Gasteiger charge is -2.30. The first-order valence-electron chi connectivity index (χ1n) is 5.85. The highest BCUT2D eigenvalue weighted by molar-refractivity contribution is 9.09. The number of nitrogens with zero attached hydrogens (tertiary/aromatic N) is 1. The van der Waals surface area contributed by atoms with E-state index in [0.29, 0.717) is 11.9 Å². The van der Waals surface area contributed by atoms with Crippen LogP contribution >= 0.6 is 15.9 Å². The van der Waals surface area contributed by atoms with Crippen molar-refractivity contribution in [3.8, 4) is 0 Å². The molecule has 0 aromatic heterocycles. The van der Waals surface area contributed by atoms with Crippen LogP contribution in [0, 0.1) is 0 Å². The number of amides is 1. The number of ether oxygens (including phenoxy) is 1. The molecule has 1 amide bonds. The van der Waals surface area contributed by atoms with Crippen LogP contribution in [0.15, 0.2) is 0 Å². The second-order valence-electron chi connectivity index (χ2n) is 3.85. The molecule has 108 valence electrons. The molecule has 0 saturated heterocycles. The Kier molecular flexibility index (Phi) is 8.60. The molecule has 0 fully saturated rings. The minimum absolute atomic E-state index is 0.0459. The molecule has 0 bridgehead atoms. The van der Waals surface area contributed by atoms with E-state index in [4.69, 9.17) is 0 Å². The van der Waals surface area contributed by atoms with E-state index in [2.05, 4.69) is 20.7 Å². The van der Waals surface area contributed by atoms with Crippen LogP contribution in [0.4, 0.5) is 13.2 Å². The molecule has 0 radical (unpaired) electrons. The number of hydrogen-bond acceptors (Lipinski definition) is 2. The van der Waals surface area contributed by atoms with Crippen molar-refractivity contribution >= 4 is 21.8 Å². The summed E-state index contributed by atoms with van der Waals surface area (Å²) in [6.45, 7) is 2.45. The number of alkyl halides is 4. The lowest BCUT2D eigenvalue weighted by molar-refractivity contribution is -0.178. The minimum atomic E-state index is -4.39. The van der Waals surface area contributed by atoms with E-state index in [1.807, 2.05) is 13.8 Å². The van der Waals surface area contributed by atoms with Gasteiger partial charge in [0, 0.05) is 17.9 Å². The fraction of sp³-hybridized carbons (Fsp3) is 0.909. The average molecular weight is 334 g/mol. The summed E-state index contributed by atoms with van der Waals surface area (Å²) < 4.78 is 40.1. The quantitative estimate of drug-likeness (QED) is 0.639. The standard InChI is InChI=1S/C11H19BrF3NO2/c1-3-9(4-2)16(6-5-12)10(17)7-18-8-11(13,14)15/h9H,3-8H2,1-2H3. The van der Waals surface area contributed by atoms with Crippen LogP contribution in [0.1, 0.15) is 26.7 Å². The van der Waals surface area contributed by atoms with E-state index in [1.165, 1.54) is 0 Å². The van der Waals surface area contributed by atoms with Gasteiger partial charge in [0.15, 0.2) is 0 Å². The van der Waals surface area contributed by atoms with Gasteiger partial charge in [-0.25, -0.2) is 0 Å². The van der Waals surface area contributed by atoms with Gasteiger partial charge >= 0.3 is 6.18 Å². The summed E-state index contributed by atoms with van der Waals surface area (Å²) in [5, 5.41) is 0.592. The monoisotopic (exact) mass is 333 g/mol. The Labute approximate surface area is 114 Å². The van der Waals surface area contributed by atoms with Crippen LogP contribution < -0.4 is 0 Å². The summed E-state index contributed by atoms with van der Waals surface area (Å²) in [6, 6.07) is 0.0459. The van der Waals surface area contributed by atoms with Gasteiger partial charge < -0.3 is 9.64 Å². The first-order valence-corrected chi connectivity index (χ1v) is 6.97. The summed E-state index contributed by atoms with van der Waals surface area (Å²) in [6.07, 6.45) is -2.85. The van der Waals surface area contributed by atoms with Crippen molar-refractivity contribution in [2.24, 2.45) is 0 Å². The predicted molar refractivity (Wildman–Crippen MR) is 66.8 cm³/mol. The van der Waals surface area contributed by atoms with Gasteiger partial charge in [-0.1, -0.05) is 29.8 Å². The number of hydrogen-bond donors (Lipinski definition) is 0. The second kappa shape index (κ2) is 8.74. The highest BCUT2D eigenvalue weighted by Crippen LogP contribution is 2.15. The van der Waals surface area contributed by atoms with Crippen LogP contribution in [-0.4, -0.2) is 48.1 Å². The van der Waals surface area contributed by atoms with Crippen LogP contribution in [0.3, 0.4) is 0 Å². The van der Waals surface area contributed by atoms with Crippen molar-refractivity contribution in [1.29, 1.82) is 0 Å². The summed E-state index contributed by atoms with van der Waals surface area (Å²) in [5.74, 6) is -0.396. The van der Waals surface area contributed by atoms with E-state index >= 15 is 0 Å². The molecular formula is C11H19BrF3NO2. The number of rotatable bonds is 8. The van der Waals surface area contributed by atoms with E-state index < -0.39 is 25.3 Å². The van der Waals surface area contributed by atoms with Crippen LogP contribution in [0.2, 0.25) is 0 Å². The topological polar surface area (TPSA) is 29.5 Å². The van der Waals surface area contributed by atoms with Gasteiger partial charge in [0.2, 0.25) is 5.91 Å². The van der Waals surface area contributed by atoms with Gasteiger partial charge in [0.05, 0.1) is 0 Å². The van der Waals surface area contributed by atoms with Crippen molar-refractivity contribution in [2.75, 3.05) is 25.1 Å². The van der Waals surface area contributed by atoms with Crippen molar-refractivity contribution in [1.82, 2.24) is 4.90 Å². The first kappa shape index (κ1) is 17.7. The Morgan fingerprint density at radius 1 is 1.33 bits per heavy atom. The molecule has 0 aliphatic heterocycles. The van der Waals surface area contributed by atoms with E-state index in [0.717, 1.165) is 12.8 Å². The van der Waals surface area contributed by atoms with Crippen molar-refractivity contribution in [3.05, 3.63) is 0 Å². The third kappa shape index (κ3) is 7.20. The molecule has 3 nitrogen and oxygen atoms in total. The van der Waals surface area contributed by atoms with Gasteiger partial charge in [-0.15, -0.1) is 0 Å². The number of carbonyl (C=O) groups is 1. The third-order valence-corrected chi connectivity index (χ3v) is 2.87. The van der Waals surface area contributed by atoms with Crippen molar-refractivity contribution in [2.45, 2.75) is 38.9 Å². The highest BCUT2D eigenvalue weighted by atomic mass is 79.9. The number of carbonyl (C=O) groups excluding carboxylic acids is 1. The molecule has 0 atom stereocenters. The molecule has 0 rings (SSSR count). The minimum Gasteiger partial charge on any atom is -0.362 e. The largest absolute Gasteiger partial charge is 0.411 e. The molecule has 0 unspecified atom stereocenters. The normalized spacial score (nSPS) is 11.9. The molecule has 0 aliphatic carbocycles. The summed E-state index contributed by atoms with van der Waals surface area (Å²) in [4.78, 5) is 13.4. The third-order valence-electron chi connectivity index (χ3n) is 2.52. The summed E-state index contributed by atoms with van der Waals surface area (Å²) >= 11 is 3.23. The molecule has 0 saturated carbocycles. The lowest BCUT2D eigenvalue weighted by Crippen LogP contribution is -2.43. The van der Waals surface area contributed by atoms with Crippen LogP contribution in [-0.2, 0) is 9.53 Å². The van der Waals surface area contributed by atoms with E-state index in [1.54, 1.807) is 4.90 Å². The maximum absolute atomic E-state index is 11.9. The maximum atomic E-state index is 11.9. The number of halogens is 4. The Morgan fingerprint density at radius 2 is 1.89 bits per heavy atom. The molecule has 0 aromatic rings. The average Bonchev–Trinajstić information content (AvgIpc) is 2.27. The second-order valence-corrected chi connectivity index (χ2v) is 4.65. The maximum Gasteiger partial charge on any atom is 0.411 e. The highest BCUT2D eigenvalue weighted by Gasteiger charge is 2.28. The summed E-state index contributed by atoms with van der Waals surface area (Å²) in [5.41, 5.74) is 0. The Bertz CT molecular complexity index is 245. The molecule has 7 heteroatoms. The lowest BCUT2D eigenvalue weighted by atomic mass is 10.1. The molecule has 18 heavy (non-hydrogen) atoms. The van der Waals surface area contributed by atoms with Gasteiger partial charge in [0.25, 0.3) is 0 Å². The summed E-state index contributed by atoms with van der Waals surface area (Å²) in [7, 11) is 0. The van der Waals surface area contributed by atoms with Crippen LogP contribution in [0.25, 0.3) is 0 Å². The fourth-order valence-electron chi connectivity index (χ4n) is 1.67. The fourth-order valence-corrected chi connectivity index (χ4v) is 2.05. The van der Waals surface area contributed by atoms with Crippen molar-refractivity contribution < 1.29 is 22.7 Å². The van der Waals surface area contributed by atoms with Gasteiger partial charge in [-0.05, 0) is 12.8 Å². The Hall–Kier alpha value is -0.300. The van der Waals surface area contributed by atoms with Crippen molar-refractivity contribution in [3.63, 3.8) is 0 Å². The first-order chi connectivity index (χ1) is 8.35. The Balaban J connectivity index is 4.30. The smallest absolute Gasteiger partial charge is 0.362 e. The molecule has 0 N–H and O–H groups in total. The molecule has 0 aromatic carbocycles. The molecule has 0 spiro atoms. The molecule has 0 heterocycles. The van der Waals surface area contributed by atoms with Gasteiger partial charge in [-0.2, -0.15) is 13.2 Å².